The number of carbonyl (C=O) groups excluding carboxylic acids is 2. The summed E-state index contributed by atoms with van der Waals surface area (Å²) in [5.74, 6) is -1.30. The van der Waals surface area contributed by atoms with Gasteiger partial charge < -0.3 is 19.5 Å². The number of carbonyl (C=O) groups is 2. The maximum Gasteiger partial charge on any atom is 0.339 e. The molecule has 0 bridgehead atoms. The third kappa shape index (κ3) is 4.72. The van der Waals surface area contributed by atoms with Crippen LogP contribution in [0.15, 0.2) is 42.5 Å². The summed E-state index contributed by atoms with van der Waals surface area (Å²) in [4.78, 5) is 24.2. The molecule has 6 nitrogen and oxygen atoms in total. The first kappa shape index (κ1) is 19.2. The summed E-state index contributed by atoms with van der Waals surface area (Å²) in [6.07, 6.45) is -1.04. The Morgan fingerprint density at radius 1 is 1.08 bits per heavy atom. The Kier molecular flexibility index (Phi) is 6.54. The number of benzene rings is 2. The van der Waals surface area contributed by atoms with Crippen LogP contribution in [0.3, 0.4) is 0 Å². The second-order valence-electron chi connectivity index (χ2n) is 5.43. The Morgan fingerprint density at radius 2 is 1.77 bits per heavy atom. The average molecular weight is 361 g/mol. The SMILES string of the molecule is COc1ccc(C(=O)O[C@H](C)C(=O)NCc2ccccc2OC)cc1F. The molecule has 0 spiro atoms. The van der Waals surface area contributed by atoms with Gasteiger partial charge in [0.15, 0.2) is 17.7 Å². The lowest BCUT2D eigenvalue weighted by Crippen LogP contribution is -2.35. The van der Waals surface area contributed by atoms with Crippen LogP contribution < -0.4 is 14.8 Å². The highest BCUT2D eigenvalue weighted by Crippen LogP contribution is 2.19. The maximum absolute atomic E-state index is 13.7. The molecule has 0 saturated heterocycles. The van der Waals surface area contributed by atoms with Crippen molar-refractivity contribution >= 4 is 11.9 Å². The molecule has 0 aromatic heterocycles. The molecule has 0 radical (unpaired) electrons. The Labute approximate surface area is 150 Å². The van der Waals surface area contributed by atoms with Gasteiger partial charge in [-0.05, 0) is 31.2 Å². The van der Waals surface area contributed by atoms with Crippen molar-refractivity contribution < 1.29 is 28.2 Å². The fourth-order valence-corrected chi connectivity index (χ4v) is 2.25. The maximum atomic E-state index is 13.7. The molecule has 1 N–H and O–H groups in total. The third-order valence-electron chi connectivity index (χ3n) is 3.69. The Balaban J connectivity index is 1.94. The molecule has 0 fully saturated rings. The zero-order chi connectivity index (χ0) is 19.1. The first-order valence-corrected chi connectivity index (χ1v) is 7.90. The lowest BCUT2D eigenvalue weighted by atomic mass is 10.2. The summed E-state index contributed by atoms with van der Waals surface area (Å²) < 4.78 is 28.7. The van der Waals surface area contributed by atoms with Crippen molar-refractivity contribution in [3.63, 3.8) is 0 Å². The predicted molar refractivity (Wildman–Crippen MR) is 92.7 cm³/mol. The second-order valence-corrected chi connectivity index (χ2v) is 5.43. The number of methoxy groups -OCH3 is 2. The summed E-state index contributed by atoms with van der Waals surface area (Å²) >= 11 is 0. The van der Waals surface area contributed by atoms with Crippen LogP contribution in [0.5, 0.6) is 11.5 Å². The largest absolute Gasteiger partial charge is 0.496 e. The van der Waals surface area contributed by atoms with Gasteiger partial charge in [-0.15, -0.1) is 0 Å². The molecule has 0 aliphatic heterocycles. The van der Waals surface area contributed by atoms with Crippen molar-refractivity contribution in [1.82, 2.24) is 5.32 Å². The van der Waals surface area contributed by atoms with E-state index in [1.54, 1.807) is 13.2 Å². The van der Waals surface area contributed by atoms with Gasteiger partial charge in [0, 0.05) is 12.1 Å². The van der Waals surface area contributed by atoms with Gasteiger partial charge in [0.05, 0.1) is 19.8 Å². The molecular formula is C19H20FNO5. The molecule has 2 aromatic rings. The lowest BCUT2D eigenvalue weighted by Gasteiger charge is -2.15. The average Bonchev–Trinajstić information content (AvgIpc) is 2.65. The number of esters is 1. The summed E-state index contributed by atoms with van der Waals surface area (Å²) in [5, 5.41) is 2.67. The molecule has 0 aliphatic rings. The first-order valence-electron chi connectivity index (χ1n) is 7.90. The van der Waals surface area contributed by atoms with Gasteiger partial charge in [-0.3, -0.25) is 4.79 Å². The van der Waals surface area contributed by atoms with Crippen LogP contribution in [0.1, 0.15) is 22.8 Å². The van der Waals surface area contributed by atoms with E-state index in [-0.39, 0.29) is 17.9 Å². The highest BCUT2D eigenvalue weighted by Gasteiger charge is 2.20. The van der Waals surface area contributed by atoms with Crippen LogP contribution in [0.2, 0.25) is 0 Å². The molecule has 2 rings (SSSR count). The van der Waals surface area contributed by atoms with Crippen molar-refractivity contribution in [1.29, 1.82) is 0 Å². The van der Waals surface area contributed by atoms with Crippen molar-refractivity contribution in [2.24, 2.45) is 0 Å². The lowest BCUT2D eigenvalue weighted by molar-refractivity contribution is -0.129. The number of hydrogen-bond acceptors (Lipinski definition) is 5. The van der Waals surface area contributed by atoms with Gasteiger partial charge in [0.25, 0.3) is 5.91 Å². The highest BCUT2D eigenvalue weighted by atomic mass is 19.1. The van der Waals surface area contributed by atoms with E-state index in [1.165, 1.54) is 26.2 Å². The van der Waals surface area contributed by atoms with Crippen LogP contribution >= 0.6 is 0 Å². The molecule has 0 heterocycles. The molecule has 1 atom stereocenters. The number of ether oxygens (including phenoxy) is 3. The number of hydrogen-bond donors (Lipinski definition) is 1. The molecule has 1 amide bonds. The van der Waals surface area contributed by atoms with E-state index >= 15 is 0 Å². The summed E-state index contributed by atoms with van der Waals surface area (Å²) in [6, 6.07) is 10.9. The van der Waals surface area contributed by atoms with Crippen LogP contribution in [0, 0.1) is 5.82 Å². The van der Waals surface area contributed by atoms with Crippen LogP contribution in [-0.2, 0) is 16.1 Å². The van der Waals surface area contributed by atoms with Gasteiger partial charge in [-0.1, -0.05) is 18.2 Å². The number of rotatable bonds is 7. The predicted octanol–water partition coefficient (Wildman–Crippen LogP) is 2.70. The van der Waals surface area contributed by atoms with Crippen LogP contribution in [-0.4, -0.2) is 32.2 Å². The third-order valence-corrected chi connectivity index (χ3v) is 3.69. The topological polar surface area (TPSA) is 73.9 Å². The number of para-hydroxylation sites is 1. The van der Waals surface area contributed by atoms with Crippen LogP contribution in [0.25, 0.3) is 0 Å². The normalized spacial score (nSPS) is 11.4. The standard InChI is InChI=1S/C19H20FNO5/c1-12(18(22)21-11-14-6-4-5-7-16(14)24-2)26-19(23)13-8-9-17(25-3)15(20)10-13/h4-10,12H,11H2,1-3H3,(H,21,22)/t12-/m1/s1. The van der Waals surface area contributed by atoms with E-state index < -0.39 is 23.8 Å². The fourth-order valence-electron chi connectivity index (χ4n) is 2.25. The second kappa shape index (κ2) is 8.84. The summed E-state index contributed by atoms with van der Waals surface area (Å²) in [7, 11) is 2.86. The zero-order valence-electron chi connectivity index (χ0n) is 14.7. The van der Waals surface area contributed by atoms with Gasteiger partial charge in [-0.2, -0.15) is 0 Å². The van der Waals surface area contributed by atoms with Gasteiger partial charge in [0.2, 0.25) is 0 Å². The van der Waals surface area contributed by atoms with Crippen molar-refractivity contribution in [2.75, 3.05) is 14.2 Å². The minimum atomic E-state index is -1.04. The van der Waals surface area contributed by atoms with E-state index in [2.05, 4.69) is 5.32 Å². The van der Waals surface area contributed by atoms with Crippen molar-refractivity contribution in [3.05, 3.63) is 59.4 Å². The molecule has 2 aromatic carbocycles. The Bertz CT molecular complexity index is 793. The molecular weight excluding hydrogens is 341 g/mol. The molecule has 0 saturated carbocycles. The summed E-state index contributed by atoms with van der Waals surface area (Å²) in [6.45, 7) is 1.66. The highest BCUT2D eigenvalue weighted by molar-refractivity contribution is 5.92. The molecule has 7 heteroatoms. The Morgan fingerprint density at radius 3 is 2.42 bits per heavy atom. The monoisotopic (exact) mass is 361 g/mol. The number of amides is 1. The number of halogens is 1. The smallest absolute Gasteiger partial charge is 0.339 e. The van der Waals surface area contributed by atoms with E-state index in [1.807, 2.05) is 18.2 Å². The van der Waals surface area contributed by atoms with E-state index in [0.29, 0.717) is 5.75 Å². The zero-order valence-corrected chi connectivity index (χ0v) is 14.7. The van der Waals surface area contributed by atoms with Crippen molar-refractivity contribution in [2.45, 2.75) is 19.6 Å². The van der Waals surface area contributed by atoms with E-state index in [0.717, 1.165) is 11.6 Å². The van der Waals surface area contributed by atoms with Gasteiger partial charge >= 0.3 is 5.97 Å². The minimum absolute atomic E-state index is 0.00678. The van der Waals surface area contributed by atoms with Crippen LogP contribution in [0.4, 0.5) is 4.39 Å². The molecule has 138 valence electrons. The van der Waals surface area contributed by atoms with E-state index in [4.69, 9.17) is 14.2 Å². The summed E-state index contributed by atoms with van der Waals surface area (Å²) in [5.41, 5.74) is 0.784. The first-order chi connectivity index (χ1) is 12.5. The number of nitrogens with one attached hydrogen (secondary N) is 1. The Hall–Kier alpha value is -3.09. The molecule has 26 heavy (non-hydrogen) atoms. The van der Waals surface area contributed by atoms with Gasteiger partial charge in [0.1, 0.15) is 5.75 Å². The van der Waals surface area contributed by atoms with E-state index in [9.17, 15) is 14.0 Å². The quantitative estimate of drug-likeness (QED) is 0.768. The molecule has 0 unspecified atom stereocenters. The van der Waals surface area contributed by atoms with Crippen molar-refractivity contribution in [3.8, 4) is 11.5 Å². The van der Waals surface area contributed by atoms with Gasteiger partial charge in [-0.25, -0.2) is 9.18 Å². The fraction of sp³-hybridized carbons (Fsp3) is 0.263. The minimum Gasteiger partial charge on any atom is -0.496 e. The molecule has 0 aliphatic carbocycles.